The van der Waals surface area contributed by atoms with Crippen LogP contribution in [0, 0.1) is 6.92 Å². The predicted octanol–water partition coefficient (Wildman–Crippen LogP) is 7.14. The van der Waals surface area contributed by atoms with Crippen LogP contribution in [0.15, 0.2) is 65.1 Å². The Morgan fingerprint density at radius 2 is 1.48 bits per heavy atom. The quantitative estimate of drug-likeness (QED) is 0.391. The summed E-state index contributed by atoms with van der Waals surface area (Å²) in [4.78, 5) is 8.04. The van der Waals surface area contributed by atoms with Crippen molar-refractivity contribution in [1.29, 1.82) is 0 Å². The SMILES string of the molecule is Cc1[nH]c(-c2ccc(-c3ccc(OC(C)(C)C)cc3)o2)nc1-c1ccc(Cl)cc1. The number of aromatic nitrogens is 2. The van der Waals surface area contributed by atoms with E-state index in [0.717, 1.165) is 34.0 Å². The fourth-order valence-electron chi connectivity index (χ4n) is 3.13. The molecule has 0 amide bonds. The molecule has 0 saturated heterocycles. The summed E-state index contributed by atoms with van der Waals surface area (Å²) in [6, 6.07) is 19.4. The van der Waals surface area contributed by atoms with Crippen LogP contribution in [0.1, 0.15) is 26.5 Å². The molecule has 0 saturated carbocycles. The summed E-state index contributed by atoms with van der Waals surface area (Å²) >= 11 is 5.99. The lowest BCUT2D eigenvalue weighted by molar-refractivity contribution is 0.131. The number of imidazole rings is 1. The van der Waals surface area contributed by atoms with Gasteiger partial charge in [-0.25, -0.2) is 4.98 Å². The highest BCUT2D eigenvalue weighted by atomic mass is 35.5. The first-order chi connectivity index (χ1) is 13.8. The molecule has 0 aliphatic carbocycles. The molecule has 0 aliphatic heterocycles. The summed E-state index contributed by atoms with van der Waals surface area (Å²) in [5.74, 6) is 3.01. The first-order valence-corrected chi connectivity index (χ1v) is 9.88. The molecule has 2 aromatic heterocycles. The van der Waals surface area contributed by atoms with Crippen LogP contribution in [-0.4, -0.2) is 15.6 Å². The van der Waals surface area contributed by atoms with Gasteiger partial charge in [-0.15, -0.1) is 0 Å². The molecule has 0 radical (unpaired) electrons. The molecule has 148 valence electrons. The first kappa shape index (κ1) is 19.3. The molecule has 0 bridgehead atoms. The van der Waals surface area contributed by atoms with Gasteiger partial charge in [-0.05, 0) is 76.2 Å². The van der Waals surface area contributed by atoms with Gasteiger partial charge in [-0.1, -0.05) is 23.7 Å². The van der Waals surface area contributed by atoms with Crippen LogP contribution in [0.2, 0.25) is 5.02 Å². The van der Waals surface area contributed by atoms with Gasteiger partial charge in [0, 0.05) is 21.8 Å². The number of aryl methyl sites for hydroxylation is 1. The Hall–Kier alpha value is -2.98. The van der Waals surface area contributed by atoms with Crippen LogP contribution in [0.4, 0.5) is 0 Å². The van der Waals surface area contributed by atoms with E-state index < -0.39 is 0 Å². The molecule has 0 atom stereocenters. The van der Waals surface area contributed by atoms with Crippen molar-refractivity contribution in [2.45, 2.75) is 33.3 Å². The first-order valence-electron chi connectivity index (χ1n) is 9.51. The van der Waals surface area contributed by atoms with Crippen molar-refractivity contribution < 1.29 is 9.15 Å². The molecule has 0 unspecified atom stereocenters. The van der Waals surface area contributed by atoms with Gasteiger partial charge in [0.05, 0.1) is 5.69 Å². The zero-order valence-electron chi connectivity index (χ0n) is 16.9. The van der Waals surface area contributed by atoms with E-state index in [4.69, 9.17) is 25.7 Å². The van der Waals surface area contributed by atoms with Gasteiger partial charge in [0.15, 0.2) is 11.6 Å². The molecule has 2 heterocycles. The number of benzene rings is 2. The average molecular weight is 407 g/mol. The number of furan rings is 1. The number of aromatic amines is 1. The maximum Gasteiger partial charge on any atom is 0.174 e. The molecule has 0 aliphatic rings. The number of nitrogens with zero attached hydrogens (tertiary/aromatic N) is 1. The van der Waals surface area contributed by atoms with Crippen LogP contribution in [0.3, 0.4) is 0 Å². The van der Waals surface area contributed by atoms with E-state index in [0.29, 0.717) is 16.6 Å². The average Bonchev–Trinajstić information content (AvgIpc) is 3.29. The summed E-state index contributed by atoms with van der Waals surface area (Å²) in [5, 5.41) is 0.705. The van der Waals surface area contributed by atoms with Gasteiger partial charge >= 0.3 is 0 Å². The van der Waals surface area contributed by atoms with E-state index in [-0.39, 0.29) is 5.60 Å². The number of nitrogens with one attached hydrogen (secondary N) is 1. The normalized spacial score (nSPS) is 11.6. The highest BCUT2D eigenvalue weighted by Gasteiger charge is 2.15. The van der Waals surface area contributed by atoms with Crippen molar-refractivity contribution in [3.63, 3.8) is 0 Å². The number of H-pyrrole nitrogens is 1. The third-order valence-electron chi connectivity index (χ3n) is 4.40. The zero-order valence-corrected chi connectivity index (χ0v) is 17.7. The van der Waals surface area contributed by atoms with E-state index in [1.54, 1.807) is 0 Å². The van der Waals surface area contributed by atoms with E-state index in [9.17, 15) is 0 Å². The van der Waals surface area contributed by atoms with Crippen molar-refractivity contribution >= 4 is 11.6 Å². The number of ether oxygens (including phenoxy) is 1. The molecule has 0 spiro atoms. The van der Waals surface area contributed by atoms with Gasteiger partial charge in [0.25, 0.3) is 0 Å². The predicted molar refractivity (Wildman–Crippen MR) is 117 cm³/mol. The zero-order chi connectivity index (χ0) is 20.6. The Balaban J connectivity index is 1.58. The van der Waals surface area contributed by atoms with Crippen LogP contribution < -0.4 is 4.74 Å². The van der Waals surface area contributed by atoms with Crippen molar-refractivity contribution in [2.24, 2.45) is 0 Å². The Kier molecular flexibility index (Phi) is 4.97. The second-order valence-corrected chi connectivity index (χ2v) is 8.41. The fraction of sp³-hybridized carbons (Fsp3) is 0.208. The van der Waals surface area contributed by atoms with Crippen molar-refractivity contribution in [1.82, 2.24) is 9.97 Å². The van der Waals surface area contributed by atoms with Gasteiger partial charge < -0.3 is 14.1 Å². The van der Waals surface area contributed by atoms with Gasteiger partial charge in [0.1, 0.15) is 17.1 Å². The molecule has 4 aromatic rings. The largest absolute Gasteiger partial charge is 0.488 e. The molecule has 2 aromatic carbocycles. The number of rotatable bonds is 4. The Morgan fingerprint density at radius 3 is 2.14 bits per heavy atom. The fourth-order valence-corrected chi connectivity index (χ4v) is 3.25. The molecule has 29 heavy (non-hydrogen) atoms. The second kappa shape index (κ2) is 7.45. The van der Waals surface area contributed by atoms with Crippen LogP contribution >= 0.6 is 11.6 Å². The minimum Gasteiger partial charge on any atom is -0.488 e. The standard InChI is InChI=1S/C24H23ClN2O2/c1-15-22(17-5-9-18(25)10-6-17)27-23(26-15)21-14-13-20(28-21)16-7-11-19(12-8-16)29-24(2,3)4/h5-14H,1-4H3,(H,26,27). The van der Waals surface area contributed by atoms with Crippen LogP contribution in [0.5, 0.6) is 5.75 Å². The van der Waals surface area contributed by atoms with Gasteiger partial charge in [0.2, 0.25) is 0 Å². The number of hydrogen-bond acceptors (Lipinski definition) is 3. The Labute approximate surface area is 175 Å². The smallest absolute Gasteiger partial charge is 0.174 e. The molecule has 0 fully saturated rings. The molecule has 4 rings (SSSR count). The lowest BCUT2D eigenvalue weighted by Crippen LogP contribution is -2.22. The highest BCUT2D eigenvalue weighted by Crippen LogP contribution is 2.31. The highest BCUT2D eigenvalue weighted by molar-refractivity contribution is 6.30. The maximum atomic E-state index is 6.06. The molecule has 5 heteroatoms. The van der Waals surface area contributed by atoms with E-state index in [1.807, 2.05) is 88.4 Å². The van der Waals surface area contributed by atoms with E-state index in [1.165, 1.54) is 0 Å². The van der Waals surface area contributed by atoms with Gasteiger partial charge in [-0.3, -0.25) is 0 Å². The third kappa shape index (κ3) is 4.38. The summed E-state index contributed by atoms with van der Waals surface area (Å²) < 4.78 is 11.9. The lowest BCUT2D eigenvalue weighted by atomic mass is 10.1. The maximum absolute atomic E-state index is 6.06. The lowest BCUT2D eigenvalue weighted by Gasteiger charge is -2.21. The van der Waals surface area contributed by atoms with Crippen molar-refractivity contribution in [2.75, 3.05) is 0 Å². The molecule has 1 N–H and O–H groups in total. The summed E-state index contributed by atoms with van der Waals surface area (Å²) in [6.07, 6.45) is 0. The topological polar surface area (TPSA) is 51.0 Å². The molecular weight excluding hydrogens is 384 g/mol. The minimum atomic E-state index is -0.224. The Bertz CT molecular complexity index is 1120. The third-order valence-corrected chi connectivity index (χ3v) is 4.66. The summed E-state index contributed by atoms with van der Waals surface area (Å²) in [7, 11) is 0. The van der Waals surface area contributed by atoms with Crippen molar-refractivity contribution in [3.05, 3.63) is 71.4 Å². The summed E-state index contributed by atoms with van der Waals surface area (Å²) in [5.41, 5.74) is 3.63. The van der Waals surface area contributed by atoms with Crippen molar-refractivity contribution in [3.8, 4) is 39.9 Å². The van der Waals surface area contributed by atoms with E-state index in [2.05, 4.69) is 4.98 Å². The van der Waals surface area contributed by atoms with Gasteiger partial charge in [-0.2, -0.15) is 0 Å². The summed E-state index contributed by atoms with van der Waals surface area (Å²) in [6.45, 7) is 8.09. The molecule has 4 nitrogen and oxygen atoms in total. The second-order valence-electron chi connectivity index (χ2n) is 7.97. The van der Waals surface area contributed by atoms with E-state index >= 15 is 0 Å². The Morgan fingerprint density at radius 1 is 0.862 bits per heavy atom. The molecular formula is C24H23ClN2O2. The van der Waals surface area contributed by atoms with Crippen LogP contribution in [-0.2, 0) is 0 Å². The van der Waals surface area contributed by atoms with Crippen LogP contribution in [0.25, 0.3) is 34.2 Å². The number of halogens is 1. The minimum absolute atomic E-state index is 0.224. The number of hydrogen-bond donors (Lipinski definition) is 1. The monoisotopic (exact) mass is 406 g/mol.